The van der Waals surface area contributed by atoms with E-state index in [9.17, 15) is 0 Å². The molecule has 2 heterocycles. The Hall–Kier alpha value is -0.840. The molecule has 3 rings (SSSR count). The van der Waals surface area contributed by atoms with Crippen molar-refractivity contribution in [1.82, 2.24) is 14.8 Å². The molecule has 1 saturated heterocycles. The Bertz CT molecular complexity index is 464. The molecule has 0 aromatic carbocycles. The number of hydrogen-bond acceptors (Lipinski definition) is 3. The Morgan fingerprint density at radius 2 is 1.94 bits per heavy atom. The summed E-state index contributed by atoms with van der Waals surface area (Å²) in [6, 6.07) is 0.369. The molecule has 5 heteroatoms. The van der Waals surface area contributed by atoms with Crippen molar-refractivity contribution in [2.75, 3.05) is 18.0 Å². The van der Waals surface area contributed by atoms with Crippen molar-refractivity contribution in [2.45, 2.75) is 45.6 Å². The van der Waals surface area contributed by atoms with Gasteiger partial charge in [0, 0.05) is 19.1 Å². The maximum Gasteiger partial charge on any atom is 0.225 e. The van der Waals surface area contributed by atoms with Crippen LogP contribution in [-0.2, 0) is 0 Å². The SMILES string of the molecule is CC(C)n1c(N2CC3CCCC(C3)C2)n[nH]c1=S. The van der Waals surface area contributed by atoms with Gasteiger partial charge in [-0.05, 0) is 57.2 Å². The maximum absolute atomic E-state index is 5.34. The minimum atomic E-state index is 0.369. The zero-order valence-electron chi connectivity index (χ0n) is 11.2. The average molecular weight is 266 g/mol. The van der Waals surface area contributed by atoms with Crippen molar-refractivity contribution >= 4 is 18.2 Å². The molecular formula is C13H22N4S. The molecule has 1 saturated carbocycles. The summed E-state index contributed by atoms with van der Waals surface area (Å²) in [4.78, 5) is 2.45. The van der Waals surface area contributed by atoms with Gasteiger partial charge in [-0.25, -0.2) is 5.10 Å². The molecule has 0 spiro atoms. The van der Waals surface area contributed by atoms with E-state index in [4.69, 9.17) is 12.2 Å². The van der Waals surface area contributed by atoms with Crippen molar-refractivity contribution in [3.63, 3.8) is 0 Å². The van der Waals surface area contributed by atoms with Crippen LogP contribution < -0.4 is 4.90 Å². The highest BCUT2D eigenvalue weighted by molar-refractivity contribution is 7.71. The second-order valence-electron chi connectivity index (χ2n) is 6.10. The van der Waals surface area contributed by atoms with Crippen LogP contribution in [0.2, 0.25) is 0 Å². The van der Waals surface area contributed by atoms with Gasteiger partial charge in [0.25, 0.3) is 0 Å². The van der Waals surface area contributed by atoms with E-state index in [0.717, 1.165) is 35.6 Å². The minimum absolute atomic E-state index is 0.369. The molecule has 2 bridgehead atoms. The highest BCUT2D eigenvalue weighted by Crippen LogP contribution is 2.36. The third kappa shape index (κ3) is 2.09. The molecule has 1 aliphatic heterocycles. The number of nitrogens with one attached hydrogen (secondary N) is 1. The van der Waals surface area contributed by atoms with E-state index in [2.05, 4.69) is 33.5 Å². The van der Waals surface area contributed by atoms with Gasteiger partial charge in [-0.15, -0.1) is 5.10 Å². The first-order valence-corrected chi connectivity index (χ1v) is 7.48. The summed E-state index contributed by atoms with van der Waals surface area (Å²) in [6.45, 7) is 6.64. The molecular weight excluding hydrogens is 244 g/mol. The molecule has 2 atom stereocenters. The van der Waals surface area contributed by atoms with Gasteiger partial charge in [-0.2, -0.15) is 0 Å². The van der Waals surface area contributed by atoms with Crippen molar-refractivity contribution < 1.29 is 0 Å². The number of anilines is 1. The Morgan fingerprint density at radius 1 is 1.28 bits per heavy atom. The van der Waals surface area contributed by atoms with Crippen molar-refractivity contribution in [3.8, 4) is 0 Å². The maximum atomic E-state index is 5.34. The van der Waals surface area contributed by atoms with Crippen LogP contribution in [0.5, 0.6) is 0 Å². The molecule has 2 unspecified atom stereocenters. The molecule has 1 aromatic heterocycles. The largest absolute Gasteiger partial charge is 0.340 e. The molecule has 2 aliphatic rings. The predicted octanol–water partition coefficient (Wildman–Crippen LogP) is 3.15. The van der Waals surface area contributed by atoms with Gasteiger partial charge in [-0.1, -0.05) is 6.42 Å². The predicted molar refractivity (Wildman–Crippen MR) is 75.5 cm³/mol. The third-order valence-electron chi connectivity index (χ3n) is 4.33. The summed E-state index contributed by atoms with van der Waals surface area (Å²) in [5.74, 6) is 2.78. The quantitative estimate of drug-likeness (QED) is 0.836. The van der Waals surface area contributed by atoms with E-state index in [0.29, 0.717) is 6.04 Å². The lowest BCUT2D eigenvalue weighted by molar-refractivity contribution is 0.228. The van der Waals surface area contributed by atoms with Gasteiger partial charge >= 0.3 is 0 Å². The molecule has 1 aliphatic carbocycles. The smallest absolute Gasteiger partial charge is 0.225 e. The summed E-state index contributed by atoms with van der Waals surface area (Å²) < 4.78 is 2.90. The Morgan fingerprint density at radius 3 is 2.56 bits per heavy atom. The molecule has 2 fully saturated rings. The molecule has 4 nitrogen and oxygen atoms in total. The number of aromatic nitrogens is 3. The lowest BCUT2D eigenvalue weighted by Gasteiger charge is -2.41. The van der Waals surface area contributed by atoms with Gasteiger partial charge < -0.3 is 4.90 Å². The molecule has 18 heavy (non-hydrogen) atoms. The summed E-state index contributed by atoms with van der Waals surface area (Å²) in [5.41, 5.74) is 0. The van der Waals surface area contributed by atoms with Crippen LogP contribution in [0.1, 0.15) is 45.6 Å². The second-order valence-corrected chi connectivity index (χ2v) is 6.48. The Kier molecular flexibility index (Phi) is 3.18. The molecule has 1 aromatic rings. The van der Waals surface area contributed by atoms with Crippen LogP contribution in [0, 0.1) is 16.6 Å². The number of aromatic amines is 1. The standard InChI is InChI=1S/C13H22N4S/c1-9(2)17-12(14-15-13(17)18)16-7-10-4-3-5-11(6-10)8-16/h9-11H,3-8H2,1-2H3,(H,15,18). The monoisotopic (exact) mass is 266 g/mol. The van der Waals surface area contributed by atoms with Crippen LogP contribution in [0.15, 0.2) is 0 Å². The van der Waals surface area contributed by atoms with Gasteiger partial charge in [0.2, 0.25) is 5.95 Å². The van der Waals surface area contributed by atoms with Gasteiger partial charge in [-0.3, -0.25) is 4.57 Å². The van der Waals surface area contributed by atoms with Crippen molar-refractivity contribution in [1.29, 1.82) is 0 Å². The average Bonchev–Trinajstić information content (AvgIpc) is 2.70. The van der Waals surface area contributed by atoms with E-state index >= 15 is 0 Å². The number of nitrogens with zero attached hydrogens (tertiary/aromatic N) is 3. The molecule has 100 valence electrons. The zero-order chi connectivity index (χ0) is 12.7. The van der Waals surface area contributed by atoms with Crippen LogP contribution in [0.3, 0.4) is 0 Å². The number of piperidine rings is 1. The van der Waals surface area contributed by atoms with Gasteiger partial charge in [0.1, 0.15) is 0 Å². The van der Waals surface area contributed by atoms with E-state index in [1.54, 1.807) is 0 Å². The van der Waals surface area contributed by atoms with Crippen LogP contribution in [-0.4, -0.2) is 27.9 Å². The zero-order valence-corrected chi connectivity index (χ0v) is 12.0. The fourth-order valence-corrected chi connectivity index (χ4v) is 3.92. The minimum Gasteiger partial charge on any atom is -0.340 e. The van der Waals surface area contributed by atoms with E-state index in [-0.39, 0.29) is 0 Å². The van der Waals surface area contributed by atoms with E-state index in [1.807, 2.05) is 0 Å². The van der Waals surface area contributed by atoms with Crippen molar-refractivity contribution in [3.05, 3.63) is 4.77 Å². The first-order chi connectivity index (χ1) is 8.65. The fourth-order valence-electron chi connectivity index (χ4n) is 3.58. The normalized spacial score (nSPS) is 27.8. The summed E-state index contributed by atoms with van der Waals surface area (Å²) in [7, 11) is 0. The van der Waals surface area contributed by atoms with Crippen LogP contribution >= 0.6 is 12.2 Å². The van der Waals surface area contributed by atoms with Gasteiger partial charge in [0.05, 0.1) is 0 Å². The van der Waals surface area contributed by atoms with Gasteiger partial charge in [0.15, 0.2) is 4.77 Å². The third-order valence-corrected chi connectivity index (χ3v) is 4.62. The Labute approximate surface area is 113 Å². The summed E-state index contributed by atoms with van der Waals surface area (Å²) >= 11 is 5.34. The van der Waals surface area contributed by atoms with Crippen molar-refractivity contribution in [2.24, 2.45) is 11.8 Å². The number of H-pyrrole nitrogens is 1. The highest BCUT2D eigenvalue weighted by Gasteiger charge is 2.32. The summed E-state index contributed by atoms with van der Waals surface area (Å²) in [6.07, 6.45) is 5.61. The molecule has 1 N–H and O–H groups in total. The highest BCUT2D eigenvalue weighted by atomic mass is 32.1. The first-order valence-electron chi connectivity index (χ1n) is 7.07. The number of fused-ring (bicyclic) bond motifs is 2. The summed E-state index contributed by atoms with van der Waals surface area (Å²) in [5, 5.41) is 7.42. The second kappa shape index (κ2) is 4.68. The lowest BCUT2D eigenvalue weighted by atomic mass is 9.78. The first kappa shape index (κ1) is 12.2. The van der Waals surface area contributed by atoms with E-state index in [1.165, 1.54) is 25.7 Å². The topological polar surface area (TPSA) is 36.9 Å². The van der Waals surface area contributed by atoms with Crippen LogP contribution in [0.4, 0.5) is 5.95 Å². The van der Waals surface area contributed by atoms with E-state index < -0.39 is 0 Å². The molecule has 0 amide bonds. The number of rotatable bonds is 2. The van der Waals surface area contributed by atoms with Crippen LogP contribution in [0.25, 0.3) is 0 Å². The fraction of sp³-hybridized carbons (Fsp3) is 0.846. The lowest BCUT2D eigenvalue weighted by Crippen LogP contribution is -2.44. The molecule has 0 radical (unpaired) electrons. The Balaban J connectivity index is 1.89. The number of hydrogen-bond donors (Lipinski definition) is 1.